The lowest BCUT2D eigenvalue weighted by molar-refractivity contribution is 0.310. The molecular weight excluding hydrogens is 373 g/mol. The van der Waals surface area contributed by atoms with E-state index in [1.165, 1.54) is 0 Å². The van der Waals surface area contributed by atoms with E-state index in [1.54, 1.807) is 7.11 Å². The number of rotatable bonds is 10. The number of hydrogen-bond donors (Lipinski definition) is 0. The fraction of sp³-hybridized carbons (Fsp3) is 1.00. The largest absolute Gasteiger partial charge is 0.437 e. The minimum atomic E-state index is -2.04. The van der Waals surface area contributed by atoms with Crippen LogP contribution in [0.1, 0.15) is 0 Å². The molecule has 0 saturated carbocycles. The zero-order valence-electron chi connectivity index (χ0n) is 17.5. The first-order valence-electron chi connectivity index (χ1n) is 8.54. The third-order valence-corrected chi connectivity index (χ3v) is 20.6. The molecule has 9 heteroatoms. The SMILES string of the molecule is CO[Si](C)(C)O[Si](C)(C)CC[Si](C)(C)O[Si](C)(C)O[Si](C)(C)C. The van der Waals surface area contributed by atoms with Crippen LogP contribution in [0.25, 0.3) is 0 Å². The Morgan fingerprint density at radius 2 is 0.870 bits per heavy atom. The van der Waals surface area contributed by atoms with Gasteiger partial charge in [-0.05, 0) is 84.1 Å². The Bertz CT molecular complexity index is 378. The van der Waals surface area contributed by atoms with Gasteiger partial charge in [0, 0.05) is 7.11 Å². The molecule has 0 unspecified atom stereocenters. The Labute approximate surface area is 150 Å². The van der Waals surface area contributed by atoms with Crippen molar-refractivity contribution in [3.8, 4) is 0 Å². The molecule has 0 aliphatic heterocycles. The number of hydrogen-bond acceptors (Lipinski definition) is 4. The Hall–Kier alpha value is 0.924. The summed E-state index contributed by atoms with van der Waals surface area (Å²) in [6.07, 6.45) is 0. The van der Waals surface area contributed by atoms with Gasteiger partial charge in [0.1, 0.15) is 0 Å². The minimum Gasteiger partial charge on any atom is -0.437 e. The molecule has 0 N–H and O–H groups in total. The highest BCUT2D eigenvalue weighted by Crippen LogP contribution is 2.28. The second kappa shape index (κ2) is 8.08. The second-order valence-corrected chi connectivity index (χ2v) is 30.2. The van der Waals surface area contributed by atoms with Gasteiger partial charge in [-0.3, -0.25) is 0 Å². The van der Waals surface area contributed by atoms with Gasteiger partial charge in [-0.2, -0.15) is 0 Å². The summed E-state index contributed by atoms with van der Waals surface area (Å²) in [5, 5.41) is 0. The van der Waals surface area contributed by atoms with Crippen LogP contribution in [0, 0.1) is 0 Å². The summed E-state index contributed by atoms with van der Waals surface area (Å²) in [7, 11) is -7.26. The highest BCUT2D eigenvalue weighted by molar-refractivity contribution is 6.88. The molecule has 0 aromatic rings. The summed E-state index contributed by atoms with van der Waals surface area (Å²) >= 11 is 0. The Morgan fingerprint density at radius 3 is 1.17 bits per heavy atom. The van der Waals surface area contributed by atoms with Gasteiger partial charge in [0.15, 0.2) is 25.0 Å². The first kappa shape index (κ1) is 23.9. The molecule has 0 radical (unpaired) electrons. The molecule has 0 aromatic heterocycles. The van der Waals surface area contributed by atoms with E-state index in [0.717, 1.165) is 12.1 Å². The summed E-state index contributed by atoms with van der Waals surface area (Å²) in [6.45, 7) is 24.6. The predicted octanol–water partition coefficient (Wildman–Crippen LogP) is 5.33. The zero-order chi connectivity index (χ0) is 18.7. The maximum atomic E-state index is 6.59. The van der Waals surface area contributed by atoms with Gasteiger partial charge in [-0.25, -0.2) is 0 Å². The van der Waals surface area contributed by atoms with Gasteiger partial charge in [0.2, 0.25) is 0 Å². The highest BCUT2D eigenvalue weighted by atomic mass is 28.5. The van der Waals surface area contributed by atoms with Gasteiger partial charge < -0.3 is 16.8 Å². The highest BCUT2D eigenvalue weighted by Gasteiger charge is 2.40. The fourth-order valence-electron chi connectivity index (χ4n) is 2.83. The second-order valence-electron chi connectivity index (χ2n) is 9.44. The van der Waals surface area contributed by atoms with E-state index in [4.69, 9.17) is 16.8 Å². The lowest BCUT2D eigenvalue weighted by Gasteiger charge is -2.39. The van der Waals surface area contributed by atoms with Crippen molar-refractivity contribution in [3.63, 3.8) is 0 Å². The Kier molecular flexibility index (Phi) is 8.41. The molecule has 0 fully saturated rings. The molecule has 0 aromatic carbocycles. The van der Waals surface area contributed by atoms with Crippen molar-refractivity contribution in [2.75, 3.05) is 7.11 Å². The van der Waals surface area contributed by atoms with Crippen LogP contribution in [0.15, 0.2) is 0 Å². The average molecular weight is 413 g/mol. The standard InChI is InChI=1S/C14H40O4Si5/c1-15-22(9,10)17-20(5,6)13-14-21(7,8)18-23(11,12)16-19(2,3)4/h13-14H2,1-12H3. The van der Waals surface area contributed by atoms with Gasteiger partial charge in [0.25, 0.3) is 0 Å². The van der Waals surface area contributed by atoms with E-state index < -0.39 is 42.1 Å². The fourth-order valence-corrected chi connectivity index (χ4v) is 25.9. The smallest absolute Gasteiger partial charge is 0.321 e. The van der Waals surface area contributed by atoms with Crippen molar-refractivity contribution in [1.82, 2.24) is 0 Å². The van der Waals surface area contributed by atoms with Crippen LogP contribution in [-0.4, -0.2) is 49.2 Å². The van der Waals surface area contributed by atoms with E-state index >= 15 is 0 Å². The molecule has 0 rings (SSSR count). The molecule has 0 atom stereocenters. The van der Waals surface area contributed by atoms with Crippen LogP contribution in [0.4, 0.5) is 0 Å². The molecular formula is C14H40O4Si5. The molecule has 0 amide bonds. The van der Waals surface area contributed by atoms with Crippen molar-refractivity contribution in [3.05, 3.63) is 0 Å². The summed E-state index contributed by atoms with van der Waals surface area (Å²) in [5.41, 5.74) is 0. The van der Waals surface area contributed by atoms with Gasteiger partial charge in [-0.1, -0.05) is 0 Å². The van der Waals surface area contributed by atoms with Crippen LogP contribution in [0.3, 0.4) is 0 Å². The molecule has 140 valence electrons. The van der Waals surface area contributed by atoms with Crippen molar-refractivity contribution in [2.45, 2.75) is 84.1 Å². The maximum Gasteiger partial charge on any atom is 0.321 e. The van der Waals surface area contributed by atoms with Crippen LogP contribution < -0.4 is 0 Å². The van der Waals surface area contributed by atoms with E-state index in [9.17, 15) is 0 Å². The van der Waals surface area contributed by atoms with Gasteiger partial charge in [-0.15, -0.1) is 0 Å². The Balaban J connectivity index is 4.69. The topological polar surface area (TPSA) is 36.9 Å². The molecule has 0 aliphatic rings. The lowest BCUT2D eigenvalue weighted by atomic mass is 10.9. The first-order chi connectivity index (χ1) is 9.89. The Morgan fingerprint density at radius 1 is 0.522 bits per heavy atom. The predicted molar refractivity (Wildman–Crippen MR) is 113 cm³/mol. The van der Waals surface area contributed by atoms with Crippen LogP contribution in [0.2, 0.25) is 84.1 Å². The summed E-state index contributed by atoms with van der Waals surface area (Å²) in [5.74, 6) is 0. The van der Waals surface area contributed by atoms with Gasteiger partial charge >= 0.3 is 17.1 Å². The maximum absolute atomic E-state index is 6.59. The molecule has 0 aliphatic carbocycles. The normalized spacial score (nSPS) is 15.1. The van der Waals surface area contributed by atoms with Crippen molar-refractivity contribution in [1.29, 1.82) is 0 Å². The molecule has 0 spiro atoms. The van der Waals surface area contributed by atoms with Crippen molar-refractivity contribution >= 4 is 42.1 Å². The molecule has 23 heavy (non-hydrogen) atoms. The van der Waals surface area contributed by atoms with Crippen LogP contribution in [0.5, 0.6) is 0 Å². The van der Waals surface area contributed by atoms with Crippen molar-refractivity contribution in [2.24, 2.45) is 0 Å². The summed E-state index contributed by atoms with van der Waals surface area (Å²) in [4.78, 5) is 0. The minimum absolute atomic E-state index is 1.13. The average Bonchev–Trinajstić information content (AvgIpc) is 2.20. The van der Waals surface area contributed by atoms with E-state index in [1.807, 2.05) is 0 Å². The lowest BCUT2D eigenvalue weighted by Crippen LogP contribution is -2.52. The molecule has 4 nitrogen and oxygen atoms in total. The van der Waals surface area contributed by atoms with Crippen LogP contribution in [-0.2, 0) is 16.8 Å². The third-order valence-electron chi connectivity index (χ3n) is 3.42. The zero-order valence-corrected chi connectivity index (χ0v) is 22.5. The summed E-state index contributed by atoms with van der Waals surface area (Å²) in [6, 6.07) is 2.26. The molecule has 0 saturated heterocycles. The van der Waals surface area contributed by atoms with Crippen LogP contribution >= 0.6 is 0 Å². The molecule has 0 bridgehead atoms. The first-order valence-corrected chi connectivity index (χ1v) is 23.8. The van der Waals surface area contributed by atoms with E-state index in [2.05, 4.69) is 72.0 Å². The van der Waals surface area contributed by atoms with Crippen molar-refractivity contribution < 1.29 is 16.8 Å². The monoisotopic (exact) mass is 412 g/mol. The van der Waals surface area contributed by atoms with E-state index in [-0.39, 0.29) is 0 Å². The van der Waals surface area contributed by atoms with Gasteiger partial charge in [0.05, 0.1) is 0 Å². The third kappa shape index (κ3) is 12.0. The molecule has 0 heterocycles. The summed E-state index contributed by atoms with van der Waals surface area (Å²) < 4.78 is 24.9. The quantitative estimate of drug-likeness (QED) is 0.454. The van der Waals surface area contributed by atoms with E-state index in [0.29, 0.717) is 0 Å².